The van der Waals surface area contributed by atoms with Gasteiger partial charge in [-0.1, -0.05) is 13.8 Å². The lowest BCUT2D eigenvalue weighted by Crippen LogP contribution is -2.05. The molecule has 0 aromatic carbocycles. The maximum Gasteiger partial charge on any atom is 0.241 e. The Balaban J connectivity index is 2.89. The van der Waals surface area contributed by atoms with Crippen molar-refractivity contribution >= 4 is 12.0 Å². The smallest absolute Gasteiger partial charge is 0.241 e. The average Bonchev–Trinajstić information content (AvgIpc) is 2.15. The number of nitrogens with zero attached hydrogens (tertiary/aromatic N) is 1. The van der Waals surface area contributed by atoms with E-state index in [-0.39, 0.29) is 0 Å². The largest absolute Gasteiger partial charge is 0.366 e. The van der Waals surface area contributed by atoms with Gasteiger partial charge in [0.05, 0.1) is 5.69 Å². The molecule has 0 aliphatic carbocycles. The molecule has 0 saturated carbocycles. The van der Waals surface area contributed by atoms with Gasteiger partial charge in [0, 0.05) is 12.3 Å². The molecule has 0 aliphatic rings. The molecule has 0 unspecified atom stereocenters. The van der Waals surface area contributed by atoms with E-state index in [9.17, 15) is 4.79 Å². The van der Waals surface area contributed by atoms with E-state index in [4.69, 9.17) is 5.73 Å². The van der Waals surface area contributed by atoms with E-state index in [2.05, 4.69) is 18.8 Å². The maximum atomic E-state index is 10.5. The zero-order chi connectivity index (χ0) is 10.6. The van der Waals surface area contributed by atoms with Gasteiger partial charge in [-0.3, -0.25) is 9.78 Å². The summed E-state index contributed by atoms with van der Waals surface area (Å²) in [5.41, 5.74) is 6.94. The second kappa shape index (κ2) is 4.56. The summed E-state index contributed by atoms with van der Waals surface area (Å²) in [7, 11) is 0. The fraction of sp³-hybridized carbons (Fsp3) is 0.273. The Bertz CT molecular complexity index is 356. The van der Waals surface area contributed by atoms with E-state index in [1.807, 2.05) is 12.1 Å². The molecule has 1 amide bonds. The molecule has 1 aromatic rings. The molecule has 0 aliphatic heterocycles. The number of aromatic nitrogens is 1. The van der Waals surface area contributed by atoms with Crippen LogP contribution < -0.4 is 5.73 Å². The normalized spacial score (nSPS) is 11.1. The molecule has 0 atom stereocenters. The predicted octanol–water partition coefficient (Wildman–Crippen LogP) is 1.70. The quantitative estimate of drug-likeness (QED) is 0.737. The molecule has 0 radical (unpaired) electrons. The number of rotatable bonds is 3. The van der Waals surface area contributed by atoms with Crippen molar-refractivity contribution in [2.24, 2.45) is 5.73 Å². The third kappa shape index (κ3) is 3.01. The average molecular weight is 190 g/mol. The number of carbonyl (C=O) groups is 1. The molecule has 1 heterocycles. The van der Waals surface area contributed by atoms with Crippen LogP contribution in [0.1, 0.15) is 31.0 Å². The first-order chi connectivity index (χ1) is 6.59. The summed E-state index contributed by atoms with van der Waals surface area (Å²) >= 11 is 0. The molecule has 14 heavy (non-hydrogen) atoms. The van der Waals surface area contributed by atoms with Crippen LogP contribution in [0.3, 0.4) is 0 Å². The molecule has 0 bridgehead atoms. The summed E-state index contributed by atoms with van der Waals surface area (Å²) in [5.74, 6) is 0.000443. The lowest BCUT2D eigenvalue weighted by molar-refractivity contribution is -0.113. The molecule has 74 valence electrons. The number of primary amides is 1. The molecule has 0 saturated heterocycles. The van der Waals surface area contributed by atoms with Crippen LogP contribution in [0.4, 0.5) is 0 Å². The summed E-state index contributed by atoms with van der Waals surface area (Å²) < 4.78 is 0. The molecule has 3 nitrogen and oxygen atoms in total. The molecule has 0 fully saturated rings. The number of hydrogen-bond donors (Lipinski definition) is 1. The summed E-state index contributed by atoms with van der Waals surface area (Å²) in [6.45, 7) is 4.22. The topological polar surface area (TPSA) is 56.0 Å². The summed E-state index contributed by atoms with van der Waals surface area (Å²) in [6.07, 6.45) is 4.66. The van der Waals surface area contributed by atoms with Gasteiger partial charge in [0.1, 0.15) is 0 Å². The highest BCUT2D eigenvalue weighted by Crippen LogP contribution is 2.14. The van der Waals surface area contributed by atoms with Crippen LogP contribution in [-0.4, -0.2) is 10.9 Å². The minimum Gasteiger partial charge on any atom is -0.366 e. The zero-order valence-corrected chi connectivity index (χ0v) is 8.40. The second-order valence-electron chi connectivity index (χ2n) is 3.40. The van der Waals surface area contributed by atoms with Crippen LogP contribution in [-0.2, 0) is 4.79 Å². The van der Waals surface area contributed by atoms with E-state index in [1.54, 1.807) is 12.3 Å². The Morgan fingerprint density at radius 3 is 2.86 bits per heavy atom. The standard InChI is InChI=1S/C11H14N2O/c1-8(2)9-5-6-13-10(7-9)3-4-11(12)14/h3-8H,1-2H3,(H2,12,14)/b4-3+. The van der Waals surface area contributed by atoms with Crippen molar-refractivity contribution in [3.63, 3.8) is 0 Å². The fourth-order valence-corrected chi connectivity index (χ4v) is 1.08. The molecule has 1 aromatic heterocycles. The van der Waals surface area contributed by atoms with Crippen molar-refractivity contribution in [2.75, 3.05) is 0 Å². The van der Waals surface area contributed by atoms with Gasteiger partial charge in [-0.15, -0.1) is 0 Å². The summed E-state index contributed by atoms with van der Waals surface area (Å²) in [4.78, 5) is 14.6. The van der Waals surface area contributed by atoms with Gasteiger partial charge in [-0.2, -0.15) is 0 Å². The highest BCUT2D eigenvalue weighted by atomic mass is 16.1. The Labute approximate surface area is 83.7 Å². The number of hydrogen-bond acceptors (Lipinski definition) is 2. The molecular formula is C11H14N2O. The molecule has 2 N–H and O–H groups in total. The second-order valence-corrected chi connectivity index (χ2v) is 3.40. The van der Waals surface area contributed by atoms with E-state index in [0.717, 1.165) is 5.69 Å². The molecule has 0 spiro atoms. The SMILES string of the molecule is CC(C)c1ccnc(/C=C/C(N)=O)c1. The Kier molecular flexibility index (Phi) is 3.40. The first kappa shape index (κ1) is 10.4. The van der Waals surface area contributed by atoms with Crippen molar-refractivity contribution in [2.45, 2.75) is 19.8 Å². The van der Waals surface area contributed by atoms with Crippen molar-refractivity contribution < 1.29 is 4.79 Å². The number of nitrogens with two attached hydrogens (primary N) is 1. The Morgan fingerprint density at radius 1 is 1.57 bits per heavy atom. The van der Waals surface area contributed by atoms with Crippen LogP contribution in [0, 0.1) is 0 Å². The number of carbonyl (C=O) groups excluding carboxylic acids is 1. The van der Waals surface area contributed by atoms with Crippen LogP contribution in [0.15, 0.2) is 24.4 Å². The summed E-state index contributed by atoms with van der Waals surface area (Å²) in [5, 5.41) is 0. The fourth-order valence-electron chi connectivity index (χ4n) is 1.08. The Hall–Kier alpha value is -1.64. The van der Waals surface area contributed by atoms with Gasteiger partial charge < -0.3 is 5.73 Å². The van der Waals surface area contributed by atoms with Crippen LogP contribution in [0.25, 0.3) is 6.08 Å². The minimum atomic E-state index is -0.457. The highest BCUT2D eigenvalue weighted by Gasteiger charge is 1.99. The van der Waals surface area contributed by atoms with E-state index in [1.165, 1.54) is 11.6 Å². The Morgan fingerprint density at radius 2 is 2.29 bits per heavy atom. The van der Waals surface area contributed by atoms with Crippen LogP contribution in [0.2, 0.25) is 0 Å². The van der Waals surface area contributed by atoms with Gasteiger partial charge in [0.25, 0.3) is 0 Å². The molecule has 1 rings (SSSR count). The van der Waals surface area contributed by atoms with Gasteiger partial charge in [-0.05, 0) is 29.7 Å². The minimum absolute atomic E-state index is 0.457. The molecular weight excluding hydrogens is 176 g/mol. The van der Waals surface area contributed by atoms with Gasteiger partial charge in [0.15, 0.2) is 0 Å². The van der Waals surface area contributed by atoms with E-state index in [0.29, 0.717) is 5.92 Å². The number of pyridine rings is 1. The third-order valence-corrected chi connectivity index (χ3v) is 1.89. The van der Waals surface area contributed by atoms with Gasteiger partial charge >= 0.3 is 0 Å². The van der Waals surface area contributed by atoms with Crippen LogP contribution >= 0.6 is 0 Å². The molecule has 3 heteroatoms. The van der Waals surface area contributed by atoms with Crippen molar-refractivity contribution in [1.82, 2.24) is 4.98 Å². The lowest BCUT2D eigenvalue weighted by Gasteiger charge is -2.04. The van der Waals surface area contributed by atoms with Gasteiger partial charge in [-0.25, -0.2) is 0 Å². The first-order valence-electron chi connectivity index (χ1n) is 4.53. The summed E-state index contributed by atoms with van der Waals surface area (Å²) in [6, 6.07) is 3.91. The first-order valence-corrected chi connectivity index (χ1v) is 4.53. The lowest BCUT2D eigenvalue weighted by atomic mass is 10.0. The monoisotopic (exact) mass is 190 g/mol. The van der Waals surface area contributed by atoms with Gasteiger partial charge in [0.2, 0.25) is 5.91 Å². The predicted molar refractivity (Wildman–Crippen MR) is 56.6 cm³/mol. The van der Waals surface area contributed by atoms with Crippen molar-refractivity contribution in [3.05, 3.63) is 35.7 Å². The van der Waals surface area contributed by atoms with E-state index >= 15 is 0 Å². The van der Waals surface area contributed by atoms with Crippen molar-refractivity contribution in [3.8, 4) is 0 Å². The number of amides is 1. The van der Waals surface area contributed by atoms with Crippen LogP contribution in [0.5, 0.6) is 0 Å². The highest BCUT2D eigenvalue weighted by molar-refractivity contribution is 5.89. The third-order valence-electron chi connectivity index (χ3n) is 1.89. The van der Waals surface area contributed by atoms with Crippen molar-refractivity contribution in [1.29, 1.82) is 0 Å². The maximum absolute atomic E-state index is 10.5. The zero-order valence-electron chi connectivity index (χ0n) is 8.40. The van der Waals surface area contributed by atoms with E-state index < -0.39 is 5.91 Å².